The van der Waals surface area contributed by atoms with E-state index < -0.39 is 0 Å². The topological polar surface area (TPSA) is 102 Å². The van der Waals surface area contributed by atoms with E-state index in [4.69, 9.17) is 10.5 Å². The van der Waals surface area contributed by atoms with Gasteiger partial charge in [-0.25, -0.2) is 9.97 Å². The van der Waals surface area contributed by atoms with Crippen molar-refractivity contribution in [3.63, 3.8) is 0 Å². The quantitative estimate of drug-likeness (QED) is 0.610. The number of carbonyl (C=O) groups is 1. The van der Waals surface area contributed by atoms with E-state index in [-0.39, 0.29) is 5.91 Å². The number of nitrogens with zero attached hydrogens (tertiary/aromatic N) is 2. The molecule has 0 aliphatic carbocycles. The van der Waals surface area contributed by atoms with Crippen LogP contribution in [0, 0.1) is 0 Å². The first-order valence-electron chi connectivity index (χ1n) is 7.97. The van der Waals surface area contributed by atoms with E-state index in [1.54, 1.807) is 25.4 Å². The number of ether oxygens (including phenoxy) is 1. The third-order valence-corrected chi connectivity index (χ3v) is 3.62. The largest absolute Gasteiger partial charge is 0.495 e. The Morgan fingerprint density at radius 3 is 2.65 bits per heavy atom. The number of amides is 1. The molecule has 0 saturated carbocycles. The zero-order chi connectivity index (χ0) is 18.5. The van der Waals surface area contributed by atoms with Crippen LogP contribution in [0.5, 0.6) is 5.75 Å². The van der Waals surface area contributed by atoms with Crippen molar-refractivity contribution < 1.29 is 9.53 Å². The maximum absolute atomic E-state index is 11.2. The minimum Gasteiger partial charge on any atom is -0.495 e. The summed E-state index contributed by atoms with van der Waals surface area (Å²) in [6.07, 6.45) is 1.67. The van der Waals surface area contributed by atoms with Crippen LogP contribution in [0.2, 0.25) is 0 Å². The van der Waals surface area contributed by atoms with Gasteiger partial charge in [-0.1, -0.05) is 6.07 Å². The van der Waals surface area contributed by atoms with Crippen LogP contribution in [0.4, 0.5) is 23.0 Å². The van der Waals surface area contributed by atoms with E-state index in [9.17, 15) is 4.79 Å². The normalized spacial score (nSPS) is 10.2. The number of hydrogen-bond acceptors (Lipinski definition) is 6. The molecule has 0 unspecified atom stereocenters. The standard InChI is InChI=1S/C19H19N5O2/c1-12(25)22-14-4-3-5-15(11-14)23-19-21-9-8-17(24-19)13-6-7-18(26-2)16(20)10-13/h3-11H,20H2,1-2H3,(H,22,25)(H,21,23,24). The Bertz CT molecular complexity index is 943. The van der Waals surface area contributed by atoms with Gasteiger partial charge in [-0.15, -0.1) is 0 Å². The predicted octanol–water partition coefficient (Wildman–Crippen LogP) is 3.44. The van der Waals surface area contributed by atoms with Crippen molar-refractivity contribution in [1.29, 1.82) is 0 Å². The number of anilines is 4. The lowest BCUT2D eigenvalue weighted by Gasteiger charge is -2.10. The highest BCUT2D eigenvalue weighted by molar-refractivity contribution is 5.89. The molecular formula is C19H19N5O2. The summed E-state index contributed by atoms with van der Waals surface area (Å²) in [5.41, 5.74) is 9.57. The summed E-state index contributed by atoms with van der Waals surface area (Å²) in [4.78, 5) is 19.9. The van der Waals surface area contributed by atoms with E-state index >= 15 is 0 Å². The van der Waals surface area contributed by atoms with E-state index in [0.29, 0.717) is 23.1 Å². The zero-order valence-corrected chi connectivity index (χ0v) is 14.5. The van der Waals surface area contributed by atoms with Crippen LogP contribution < -0.4 is 21.1 Å². The van der Waals surface area contributed by atoms with Crippen molar-refractivity contribution in [3.8, 4) is 17.0 Å². The van der Waals surface area contributed by atoms with E-state index in [1.165, 1.54) is 6.92 Å². The van der Waals surface area contributed by atoms with E-state index in [0.717, 1.165) is 16.9 Å². The van der Waals surface area contributed by atoms with Gasteiger partial charge >= 0.3 is 0 Å². The third kappa shape index (κ3) is 4.07. The smallest absolute Gasteiger partial charge is 0.227 e. The average Bonchev–Trinajstić information content (AvgIpc) is 2.61. The Morgan fingerprint density at radius 2 is 1.92 bits per heavy atom. The summed E-state index contributed by atoms with van der Waals surface area (Å²) in [5, 5.41) is 5.88. The van der Waals surface area contributed by atoms with Gasteiger partial charge in [0.25, 0.3) is 0 Å². The van der Waals surface area contributed by atoms with Gasteiger partial charge in [0.2, 0.25) is 11.9 Å². The Labute approximate surface area is 151 Å². The molecule has 0 fully saturated rings. The molecule has 2 aromatic carbocycles. The molecule has 26 heavy (non-hydrogen) atoms. The van der Waals surface area contributed by atoms with Crippen LogP contribution >= 0.6 is 0 Å². The number of aromatic nitrogens is 2. The van der Waals surface area contributed by atoms with Crippen LogP contribution in [0.25, 0.3) is 11.3 Å². The summed E-state index contributed by atoms with van der Waals surface area (Å²) in [7, 11) is 1.58. The number of rotatable bonds is 5. The molecule has 0 aliphatic rings. The minimum atomic E-state index is -0.127. The highest BCUT2D eigenvalue weighted by Crippen LogP contribution is 2.28. The third-order valence-electron chi connectivity index (χ3n) is 3.62. The molecule has 4 N–H and O–H groups in total. The molecule has 0 spiro atoms. The number of nitrogens with two attached hydrogens (primary N) is 1. The number of nitrogen functional groups attached to an aromatic ring is 1. The van der Waals surface area contributed by atoms with Crippen molar-refractivity contribution in [2.45, 2.75) is 6.92 Å². The van der Waals surface area contributed by atoms with Gasteiger partial charge in [0.1, 0.15) is 5.75 Å². The lowest BCUT2D eigenvalue weighted by molar-refractivity contribution is -0.114. The molecule has 132 valence electrons. The first-order valence-corrected chi connectivity index (χ1v) is 7.97. The fourth-order valence-electron chi connectivity index (χ4n) is 2.48. The molecule has 7 nitrogen and oxygen atoms in total. The molecule has 3 aromatic rings. The van der Waals surface area contributed by atoms with Crippen molar-refractivity contribution in [2.24, 2.45) is 0 Å². The number of nitrogens with one attached hydrogen (secondary N) is 2. The van der Waals surface area contributed by atoms with Gasteiger partial charge in [0.05, 0.1) is 18.5 Å². The van der Waals surface area contributed by atoms with Gasteiger partial charge in [0, 0.05) is 30.1 Å². The van der Waals surface area contributed by atoms with Crippen LogP contribution in [-0.4, -0.2) is 23.0 Å². The van der Waals surface area contributed by atoms with Crippen LogP contribution in [0.1, 0.15) is 6.92 Å². The highest BCUT2D eigenvalue weighted by Gasteiger charge is 2.06. The Balaban J connectivity index is 1.84. The van der Waals surface area contributed by atoms with Crippen molar-refractivity contribution in [1.82, 2.24) is 9.97 Å². The van der Waals surface area contributed by atoms with Gasteiger partial charge in [0.15, 0.2) is 0 Å². The first-order chi connectivity index (χ1) is 12.5. The molecule has 3 rings (SSSR count). The SMILES string of the molecule is COc1ccc(-c2ccnc(Nc3cccc(NC(C)=O)c3)n2)cc1N. The van der Waals surface area contributed by atoms with Gasteiger partial charge in [-0.2, -0.15) is 0 Å². The highest BCUT2D eigenvalue weighted by atomic mass is 16.5. The number of hydrogen-bond donors (Lipinski definition) is 3. The molecular weight excluding hydrogens is 330 g/mol. The molecule has 0 saturated heterocycles. The number of methoxy groups -OCH3 is 1. The molecule has 1 amide bonds. The van der Waals surface area contributed by atoms with Crippen molar-refractivity contribution >= 4 is 28.9 Å². The van der Waals surface area contributed by atoms with Crippen molar-refractivity contribution in [2.75, 3.05) is 23.5 Å². The lowest BCUT2D eigenvalue weighted by Crippen LogP contribution is -2.06. The molecule has 0 atom stereocenters. The molecule has 1 heterocycles. The summed E-state index contributed by atoms with van der Waals surface area (Å²) in [6.45, 7) is 1.47. The van der Waals surface area contributed by atoms with Gasteiger partial charge < -0.3 is 21.1 Å². The second kappa shape index (κ2) is 7.52. The summed E-state index contributed by atoms with van der Waals surface area (Å²) in [5.74, 6) is 0.935. The van der Waals surface area contributed by atoms with Crippen molar-refractivity contribution in [3.05, 3.63) is 54.7 Å². The van der Waals surface area contributed by atoms with E-state index in [1.807, 2.05) is 36.4 Å². The molecule has 0 radical (unpaired) electrons. The minimum absolute atomic E-state index is 0.127. The lowest BCUT2D eigenvalue weighted by atomic mass is 10.1. The van der Waals surface area contributed by atoms with Gasteiger partial charge in [-0.3, -0.25) is 4.79 Å². The fourth-order valence-corrected chi connectivity index (χ4v) is 2.48. The van der Waals surface area contributed by atoms with Gasteiger partial charge in [-0.05, 0) is 42.5 Å². The predicted molar refractivity (Wildman–Crippen MR) is 102 cm³/mol. The second-order valence-corrected chi connectivity index (χ2v) is 5.61. The maximum atomic E-state index is 11.2. The molecule has 0 bridgehead atoms. The maximum Gasteiger partial charge on any atom is 0.227 e. The number of benzene rings is 2. The second-order valence-electron chi connectivity index (χ2n) is 5.61. The summed E-state index contributed by atoms with van der Waals surface area (Å²) >= 11 is 0. The molecule has 0 aliphatic heterocycles. The fraction of sp³-hybridized carbons (Fsp3) is 0.105. The average molecular weight is 349 g/mol. The monoisotopic (exact) mass is 349 g/mol. The van der Waals surface area contributed by atoms with Crippen LogP contribution in [0.15, 0.2) is 54.7 Å². The van der Waals surface area contributed by atoms with E-state index in [2.05, 4.69) is 20.6 Å². The zero-order valence-electron chi connectivity index (χ0n) is 14.5. The van der Waals surface area contributed by atoms with Crippen LogP contribution in [0.3, 0.4) is 0 Å². The molecule has 1 aromatic heterocycles. The molecule has 7 heteroatoms. The Kier molecular flexibility index (Phi) is 4.98. The Hall–Kier alpha value is -3.61. The number of carbonyl (C=O) groups excluding carboxylic acids is 1. The Morgan fingerprint density at radius 1 is 1.12 bits per heavy atom. The van der Waals surface area contributed by atoms with Crippen LogP contribution in [-0.2, 0) is 4.79 Å². The first kappa shape index (κ1) is 17.2. The summed E-state index contributed by atoms with van der Waals surface area (Å²) in [6, 6.07) is 14.6. The summed E-state index contributed by atoms with van der Waals surface area (Å²) < 4.78 is 5.18.